The van der Waals surface area contributed by atoms with E-state index in [-0.39, 0.29) is 17.2 Å². The number of nitrogens with zero attached hydrogens (tertiary/aromatic N) is 1. The van der Waals surface area contributed by atoms with Gasteiger partial charge in [-0.1, -0.05) is 29.8 Å². The summed E-state index contributed by atoms with van der Waals surface area (Å²) in [6.45, 7) is 7.05. The van der Waals surface area contributed by atoms with Gasteiger partial charge < -0.3 is 18.9 Å². The van der Waals surface area contributed by atoms with Crippen molar-refractivity contribution in [3.8, 4) is 5.75 Å². The van der Waals surface area contributed by atoms with Gasteiger partial charge in [-0.3, -0.25) is 0 Å². The number of benzene rings is 2. The first kappa shape index (κ1) is 24.0. The molecule has 2 aromatic rings. The Morgan fingerprint density at radius 1 is 1.17 bits per heavy atom. The smallest absolute Gasteiger partial charge is 0.410 e. The van der Waals surface area contributed by atoms with Gasteiger partial charge in [-0.15, -0.1) is 0 Å². The van der Waals surface area contributed by atoms with Crippen LogP contribution in [0.2, 0.25) is 5.02 Å². The molecule has 30 heavy (non-hydrogen) atoms. The highest BCUT2D eigenvalue weighted by Gasteiger charge is 2.22. The highest BCUT2D eigenvalue weighted by Crippen LogP contribution is 2.25. The summed E-state index contributed by atoms with van der Waals surface area (Å²) in [5.74, 6) is 0.0862. The van der Waals surface area contributed by atoms with E-state index in [1.807, 2.05) is 0 Å². The highest BCUT2D eigenvalue weighted by molar-refractivity contribution is 7.87. The molecule has 0 saturated heterocycles. The van der Waals surface area contributed by atoms with E-state index in [2.05, 4.69) is 0 Å². The number of hydrogen-bond donors (Lipinski definition) is 1. The number of carbonyl (C=O) groups is 1. The molecule has 0 fully saturated rings. The van der Waals surface area contributed by atoms with Gasteiger partial charge in [0.25, 0.3) is 0 Å². The molecule has 0 aliphatic rings. The predicted molar refractivity (Wildman–Crippen MR) is 114 cm³/mol. The Balaban J connectivity index is 2.05. The van der Waals surface area contributed by atoms with Crippen LogP contribution in [0.3, 0.4) is 0 Å². The minimum atomic E-state index is -4.05. The van der Waals surface area contributed by atoms with E-state index in [0.29, 0.717) is 10.6 Å². The fourth-order valence-electron chi connectivity index (χ4n) is 2.43. The van der Waals surface area contributed by atoms with Crippen LogP contribution in [0.25, 0.3) is 0 Å². The Hall–Kier alpha value is -2.29. The number of carbonyl (C=O) groups excluding carboxylic acids is 1. The lowest BCUT2D eigenvalue weighted by molar-refractivity contribution is 0.0205. The standard InChI is InChI=1S/C21H26ClNO6S/c1-14-6-11-17(12-18(14)22)30(26,27)29-16-9-7-15(8-10-16)19(24)13-23(5)20(25)28-21(2,3)4/h6-12,19,24H,13H2,1-5H3. The molecule has 1 amide bonds. The largest absolute Gasteiger partial charge is 0.444 e. The fraction of sp³-hybridized carbons (Fsp3) is 0.381. The van der Waals surface area contributed by atoms with Crippen LogP contribution in [-0.4, -0.2) is 43.7 Å². The van der Waals surface area contributed by atoms with Crippen molar-refractivity contribution in [2.75, 3.05) is 13.6 Å². The molecule has 0 radical (unpaired) electrons. The predicted octanol–water partition coefficient (Wildman–Crippen LogP) is 4.32. The molecule has 7 nitrogen and oxygen atoms in total. The third kappa shape index (κ3) is 6.62. The van der Waals surface area contributed by atoms with Gasteiger partial charge in [0.15, 0.2) is 0 Å². The molecular weight excluding hydrogens is 430 g/mol. The zero-order chi connectivity index (χ0) is 22.7. The maximum absolute atomic E-state index is 12.4. The minimum absolute atomic E-state index is 0.00921. The molecule has 0 saturated carbocycles. The lowest BCUT2D eigenvalue weighted by atomic mass is 10.1. The number of aliphatic hydroxyl groups excluding tert-OH is 1. The van der Waals surface area contributed by atoms with Crippen LogP contribution in [0.5, 0.6) is 5.75 Å². The van der Waals surface area contributed by atoms with Crippen molar-refractivity contribution in [2.45, 2.75) is 44.3 Å². The van der Waals surface area contributed by atoms with Crippen LogP contribution in [0.4, 0.5) is 4.79 Å². The highest BCUT2D eigenvalue weighted by atomic mass is 35.5. The van der Waals surface area contributed by atoms with Gasteiger partial charge in [0.05, 0.1) is 12.6 Å². The van der Waals surface area contributed by atoms with E-state index in [1.165, 1.54) is 48.3 Å². The van der Waals surface area contributed by atoms with Crippen molar-refractivity contribution in [2.24, 2.45) is 0 Å². The minimum Gasteiger partial charge on any atom is -0.444 e. The van der Waals surface area contributed by atoms with E-state index in [9.17, 15) is 18.3 Å². The summed E-state index contributed by atoms with van der Waals surface area (Å²) in [6, 6.07) is 10.3. The zero-order valence-electron chi connectivity index (χ0n) is 17.5. The van der Waals surface area contributed by atoms with Crippen molar-refractivity contribution in [1.29, 1.82) is 0 Å². The van der Waals surface area contributed by atoms with Crippen molar-refractivity contribution in [3.05, 3.63) is 58.6 Å². The number of aryl methyl sites for hydroxylation is 1. The van der Waals surface area contributed by atoms with Crippen LogP contribution in [0.1, 0.15) is 38.0 Å². The molecule has 0 heterocycles. The number of aliphatic hydroxyl groups is 1. The van der Waals surface area contributed by atoms with Crippen molar-refractivity contribution in [1.82, 2.24) is 4.90 Å². The molecule has 0 aliphatic heterocycles. The number of likely N-dealkylation sites (N-methyl/N-ethyl adjacent to an activating group) is 1. The monoisotopic (exact) mass is 455 g/mol. The van der Waals surface area contributed by atoms with Crippen LogP contribution in [0, 0.1) is 6.92 Å². The zero-order valence-corrected chi connectivity index (χ0v) is 19.1. The second-order valence-electron chi connectivity index (χ2n) is 7.89. The summed E-state index contributed by atoms with van der Waals surface area (Å²) in [4.78, 5) is 13.2. The van der Waals surface area contributed by atoms with Crippen LogP contribution >= 0.6 is 11.6 Å². The molecule has 1 unspecified atom stereocenters. The molecule has 1 atom stereocenters. The van der Waals surface area contributed by atoms with Crippen molar-refractivity contribution in [3.63, 3.8) is 0 Å². The number of ether oxygens (including phenoxy) is 1. The number of amides is 1. The van der Waals surface area contributed by atoms with E-state index in [1.54, 1.807) is 33.8 Å². The summed E-state index contributed by atoms with van der Waals surface area (Å²) in [7, 11) is -2.53. The Labute approximate surface area is 182 Å². The van der Waals surface area contributed by atoms with Gasteiger partial charge in [0.2, 0.25) is 0 Å². The van der Waals surface area contributed by atoms with Gasteiger partial charge in [0, 0.05) is 12.1 Å². The van der Waals surface area contributed by atoms with Crippen molar-refractivity contribution < 1.29 is 27.2 Å². The van der Waals surface area contributed by atoms with Crippen molar-refractivity contribution >= 4 is 27.8 Å². The maximum atomic E-state index is 12.4. The molecule has 2 aromatic carbocycles. The molecule has 9 heteroatoms. The van der Waals surface area contributed by atoms with Gasteiger partial charge in [-0.2, -0.15) is 8.42 Å². The molecule has 2 rings (SSSR count). The molecular formula is C21H26ClNO6S. The average molecular weight is 456 g/mol. The summed E-state index contributed by atoms with van der Waals surface area (Å²) in [5, 5.41) is 10.7. The molecule has 0 aliphatic carbocycles. The molecule has 0 aromatic heterocycles. The summed E-state index contributed by atoms with van der Waals surface area (Å²) < 4.78 is 35.2. The first-order valence-corrected chi connectivity index (χ1v) is 11.0. The van der Waals surface area contributed by atoms with Gasteiger partial charge in [-0.25, -0.2) is 4.79 Å². The topological polar surface area (TPSA) is 93.1 Å². The normalized spacial score (nSPS) is 12.9. The maximum Gasteiger partial charge on any atom is 0.410 e. The quantitative estimate of drug-likeness (QED) is 0.652. The average Bonchev–Trinajstić information content (AvgIpc) is 2.62. The summed E-state index contributed by atoms with van der Waals surface area (Å²) >= 11 is 5.99. The van der Waals surface area contributed by atoms with Crippen LogP contribution < -0.4 is 4.18 Å². The van der Waals surface area contributed by atoms with E-state index < -0.39 is 27.9 Å². The first-order valence-electron chi connectivity index (χ1n) is 9.21. The Morgan fingerprint density at radius 3 is 2.30 bits per heavy atom. The van der Waals surface area contributed by atoms with E-state index in [4.69, 9.17) is 20.5 Å². The second kappa shape index (κ2) is 9.24. The Bertz CT molecular complexity index is 999. The summed E-state index contributed by atoms with van der Waals surface area (Å²) in [6.07, 6.45) is -1.53. The molecule has 1 N–H and O–H groups in total. The number of halogens is 1. The third-order valence-corrected chi connectivity index (χ3v) is 5.71. The summed E-state index contributed by atoms with van der Waals surface area (Å²) in [5.41, 5.74) is 0.612. The lowest BCUT2D eigenvalue weighted by Gasteiger charge is -2.26. The van der Waals surface area contributed by atoms with E-state index in [0.717, 1.165) is 5.56 Å². The fourth-order valence-corrected chi connectivity index (χ4v) is 3.63. The van der Waals surface area contributed by atoms with Crippen LogP contribution in [0.15, 0.2) is 47.4 Å². The molecule has 164 valence electrons. The van der Waals surface area contributed by atoms with Crippen LogP contribution in [-0.2, 0) is 14.9 Å². The number of rotatable bonds is 6. The third-order valence-electron chi connectivity index (χ3n) is 4.05. The van der Waals surface area contributed by atoms with Gasteiger partial charge in [0.1, 0.15) is 16.2 Å². The number of hydrogen-bond acceptors (Lipinski definition) is 6. The Morgan fingerprint density at radius 2 is 1.77 bits per heavy atom. The lowest BCUT2D eigenvalue weighted by Crippen LogP contribution is -2.36. The van der Waals surface area contributed by atoms with E-state index >= 15 is 0 Å². The van der Waals surface area contributed by atoms with Gasteiger partial charge >= 0.3 is 16.2 Å². The Kier molecular flexibility index (Phi) is 7.39. The first-order chi connectivity index (χ1) is 13.8. The molecule has 0 spiro atoms. The molecule has 0 bridgehead atoms. The second-order valence-corrected chi connectivity index (χ2v) is 9.85. The SMILES string of the molecule is Cc1ccc(S(=O)(=O)Oc2ccc(C(O)CN(C)C(=O)OC(C)(C)C)cc2)cc1Cl. The van der Waals surface area contributed by atoms with Gasteiger partial charge in [-0.05, 0) is 63.1 Å².